The summed E-state index contributed by atoms with van der Waals surface area (Å²) in [4.78, 5) is 0. The molecule has 23 heavy (non-hydrogen) atoms. The molecule has 0 spiro atoms. The summed E-state index contributed by atoms with van der Waals surface area (Å²) in [7, 11) is 0. The molecule has 0 aromatic carbocycles. The van der Waals surface area contributed by atoms with Crippen LogP contribution in [0, 0.1) is 6.42 Å². The van der Waals surface area contributed by atoms with Crippen molar-refractivity contribution in [1.82, 2.24) is 0 Å². The predicted octanol–water partition coefficient (Wildman–Crippen LogP) is 5.57. The SMILES string of the molecule is C[CH]COC(C)COC(C)COCCCCCCCCCCC. The summed E-state index contributed by atoms with van der Waals surface area (Å²) in [6.45, 7) is 11.2. The molecule has 0 bridgehead atoms. The van der Waals surface area contributed by atoms with E-state index in [0.717, 1.165) is 6.61 Å². The van der Waals surface area contributed by atoms with E-state index in [-0.39, 0.29) is 12.2 Å². The Hall–Kier alpha value is -0.120. The Morgan fingerprint density at radius 3 is 1.91 bits per heavy atom. The second-order valence-electron chi connectivity index (χ2n) is 6.60. The Morgan fingerprint density at radius 1 is 0.739 bits per heavy atom. The zero-order valence-corrected chi connectivity index (χ0v) is 16.1. The first-order chi connectivity index (χ1) is 11.2. The molecular weight excluding hydrogens is 288 g/mol. The lowest BCUT2D eigenvalue weighted by atomic mass is 10.1. The first-order valence-electron chi connectivity index (χ1n) is 9.79. The van der Waals surface area contributed by atoms with Crippen LogP contribution in [-0.4, -0.2) is 38.6 Å². The Kier molecular flexibility index (Phi) is 18.1. The van der Waals surface area contributed by atoms with Crippen molar-refractivity contribution in [3.8, 4) is 0 Å². The van der Waals surface area contributed by atoms with Crippen molar-refractivity contribution in [3.05, 3.63) is 6.42 Å². The highest BCUT2D eigenvalue weighted by atomic mass is 16.6. The highest BCUT2D eigenvalue weighted by Gasteiger charge is 2.06. The van der Waals surface area contributed by atoms with Gasteiger partial charge in [0.2, 0.25) is 0 Å². The molecule has 0 aromatic rings. The Balaban J connectivity index is 3.21. The van der Waals surface area contributed by atoms with Crippen LogP contribution in [-0.2, 0) is 14.2 Å². The topological polar surface area (TPSA) is 27.7 Å². The third kappa shape index (κ3) is 18.1. The normalized spacial score (nSPS) is 14.1. The Bertz CT molecular complexity index is 221. The van der Waals surface area contributed by atoms with Gasteiger partial charge in [-0.15, -0.1) is 0 Å². The van der Waals surface area contributed by atoms with E-state index in [1.54, 1.807) is 0 Å². The third-order valence-electron chi connectivity index (χ3n) is 3.91. The number of rotatable bonds is 18. The molecule has 0 aliphatic rings. The highest BCUT2D eigenvalue weighted by Crippen LogP contribution is 2.09. The minimum atomic E-state index is 0.144. The van der Waals surface area contributed by atoms with Gasteiger partial charge in [0.1, 0.15) is 0 Å². The molecule has 0 fully saturated rings. The van der Waals surface area contributed by atoms with E-state index in [0.29, 0.717) is 19.8 Å². The van der Waals surface area contributed by atoms with E-state index in [4.69, 9.17) is 14.2 Å². The van der Waals surface area contributed by atoms with Crippen LogP contribution in [0.2, 0.25) is 0 Å². The maximum atomic E-state index is 5.73. The predicted molar refractivity (Wildman–Crippen MR) is 98.8 cm³/mol. The molecule has 3 nitrogen and oxygen atoms in total. The molecule has 0 aromatic heterocycles. The van der Waals surface area contributed by atoms with Crippen molar-refractivity contribution in [2.24, 2.45) is 0 Å². The zero-order valence-electron chi connectivity index (χ0n) is 16.1. The lowest BCUT2D eigenvalue weighted by molar-refractivity contribution is -0.0537. The second kappa shape index (κ2) is 18.2. The smallest absolute Gasteiger partial charge is 0.0781 e. The molecule has 1 radical (unpaired) electrons. The van der Waals surface area contributed by atoms with Crippen molar-refractivity contribution in [3.63, 3.8) is 0 Å². The lowest BCUT2D eigenvalue weighted by Crippen LogP contribution is -2.23. The maximum Gasteiger partial charge on any atom is 0.0781 e. The van der Waals surface area contributed by atoms with Crippen LogP contribution in [0.5, 0.6) is 0 Å². The summed E-state index contributed by atoms with van der Waals surface area (Å²) >= 11 is 0. The van der Waals surface area contributed by atoms with Crippen molar-refractivity contribution in [2.45, 2.75) is 97.7 Å². The molecule has 3 heteroatoms. The fourth-order valence-electron chi connectivity index (χ4n) is 2.42. The number of hydrogen-bond acceptors (Lipinski definition) is 3. The Labute approximate surface area is 145 Å². The van der Waals surface area contributed by atoms with Crippen LogP contribution >= 0.6 is 0 Å². The van der Waals surface area contributed by atoms with Gasteiger partial charge in [-0.25, -0.2) is 0 Å². The minimum absolute atomic E-state index is 0.144. The van der Waals surface area contributed by atoms with Gasteiger partial charge >= 0.3 is 0 Å². The van der Waals surface area contributed by atoms with Gasteiger partial charge in [0.05, 0.1) is 25.4 Å². The van der Waals surface area contributed by atoms with E-state index in [1.165, 1.54) is 57.8 Å². The number of ether oxygens (including phenoxy) is 3. The standard InChI is InChI=1S/C20H41O3/c1-5-7-8-9-10-11-12-13-14-16-21-17-19(3)23-18-20(4)22-15-6-2/h6,19-20H,5,7-18H2,1-4H3. The maximum absolute atomic E-state index is 5.73. The molecule has 0 rings (SSSR count). The highest BCUT2D eigenvalue weighted by molar-refractivity contribution is 4.57. The lowest BCUT2D eigenvalue weighted by Gasteiger charge is -2.17. The van der Waals surface area contributed by atoms with Gasteiger partial charge in [-0.2, -0.15) is 0 Å². The molecule has 0 aliphatic carbocycles. The molecule has 0 saturated heterocycles. The molecule has 2 atom stereocenters. The number of hydrogen-bond donors (Lipinski definition) is 0. The number of unbranched alkanes of at least 4 members (excludes halogenated alkanes) is 8. The summed E-state index contributed by atoms with van der Waals surface area (Å²) in [5, 5.41) is 0. The van der Waals surface area contributed by atoms with Crippen molar-refractivity contribution in [1.29, 1.82) is 0 Å². The Morgan fingerprint density at radius 2 is 1.30 bits per heavy atom. The van der Waals surface area contributed by atoms with Crippen LogP contribution in [0.3, 0.4) is 0 Å². The first kappa shape index (κ1) is 22.9. The van der Waals surface area contributed by atoms with Gasteiger partial charge < -0.3 is 14.2 Å². The second-order valence-corrected chi connectivity index (χ2v) is 6.60. The van der Waals surface area contributed by atoms with Crippen LogP contribution in [0.4, 0.5) is 0 Å². The summed E-state index contributed by atoms with van der Waals surface area (Å²) in [6, 6.07) is 0. The molecule has 2 unspecified atom stereocenters. The van der Waals surface area contributed by atoms with Gasteiger partial charge in [-0.1, -0.05) is 65.2 Å². The summed E-state index contributed by atoms with van der Waals surface area (Å²) in [6.07, 6.45) is 14.5. The molecule has 0 heterocycles. The van der Waals surface area contributed by atoms with Crippen molar-refractivity contribution >= 4 is 0 Å². The quantitative estimate of drug-likeness (QED) is 0.308. The average Bonchev–Trinajstić information content (AvgIpc) is 2.56. The zero-order chi connectivity index (χ0) is 17.2. The van der Waals surface area contributed by atoms with Crippen molar-refractivity contribution < 1.29 is 14.2 Å². The summed E-state index contributed by atoms with van der Waals surface area (Å²) in [5.74, 6) is 0. The van der Waals surface area contributed by atoms with Crippen LogP contribution in [0.25, 0.3) is 0 Å². The molecule has 0 N–H and O–H groups in total. The van der Waals surface area contributed by atoms with Gasteiger partial charge in [0.25, 0.3) is 0 Å². The molecule has 139 valence electrons. The van der Waals surface area contributed by atoms with Crippen LogP contribution in [0.1, 0.15) is 85.5 Å². The third-order valence-corrected chi connectivity index (χ3v) is 3.91. The fraction of sp³-hybridized carbons (Fsp3) is 0.950. The largest absolute Gasteiger partial charge is 0.379 e. The van der Waals surface area contributed by atoms with E-state index >= 15 is 0 Å². The average molecular weight is 330 g/mol. The van der Waals surface area contributed by atoms with E-state index in [1.807, 2.05) is 20.3 Å². The van der Waals surface area contributed by atoms with Crippen LogP contribution in [0.15, 0.2) is 0 Å². The van der Waals surface area contributed by atoms with Crippen molar-refractivity contribution in [2.75, 3.05) is 26.4 Å². The van der Waals surface area contributed by atoms with Gasteiger partial charge in [-0.3, -0.25) is 0 Å². The fourth-order valence-corrected chi connectivity index (χ4v) is 2.42. The van der Waals surface area contributed by atoms with E-state index in [2.05, 4.69) is 13.8 Å². The monoisotopic (exact) mass is 329 g/mol. The van der Waals surface area contributed by atoms with Crippen LogP contribution < -0.4 is 0 Å². The van der Waals surface area contributed by atoms with Gasteiger partial charge in [0.15, 0.2) is 0 Å². The minimum Gasteiger partial charge on any atom is -0.379 e. The van der Waals surface area contributed by atoms with Gasteiger partial charge in [0, 0.05) is 13.2 Å². The molecule has 0 amide bonds. The molecule has 0 saturated carbocycles. The summed E-state index contributed by atoms with van der Waals surface area (Å²) < 4.78 is 17.0. The summed E-state index contributed by atoms with van der Waals surface area (Å²) in [5.41, 5.74) is 0. The van der Waals surface area contributed by atoms with Gasteiger partial charge in [-0.05, 0) is 26.7 Å². The first-order valence-corrected chi connectivity index (χ1v) is 9.79. The molecular formula is C20H41O3. The van der Waals surface area contributed by atoms with E-state index in [9.17, 15) is 0 Å². The van der Waals surface area contributed by atoms with E-state index < -0.39 is 0 Å². The molecule has 0 aliphatic heterocycles.